The van der Waals surface area contributed by atoms with Gasteiger partial charge in [-0.3, -0.25) is 0 Å². The van der Waals surface area contributed by atoms with Crippen LogP contribution < -0.4 is 9.47 Å². The second-order valence-corrected chi connectivity index (χ2v) is 13.2. The Morgan fingerprint density at radius 2 is 0.735 bits per heavy atom. The maximum Gasteiger partial charge on any atom is 0.124 e. The number of halogens is 1. The van der Waals surface area contributed by atoms with E-state index in [0.717, 1.165) is 85.5 Å². The summed E-state index contributed by atoms with van der Waals surface area (Å²) in [7, 11) is 0. The highest BCUT2D eigenvalue weighted by Gasteiger charge is 2.07. The molecule has 0 radical (unpaired) electrons. The highest BCUT2D eigenvalue weighted by Crippen LogP contribution is 2.29. The lowest BCUT2D eigenvalue weighted by Gasteiger charge is -2.10. The van der Waals surface area contributed by atoms with E-state index in [2.05, 4.69) is 117 Å². The number of rotatable bonds is 20. The topological polar surface area (TPSA) is 18.5 Å². The third-order valence-electron chi connectivity index (χ3n) is 9.26. The van der Waals surface area contributed by atoms with Crippen LogP contribution in [0.15, 0.2) is 115 Å². The average molecular weight is 657 g/mol. The molecule has 5 rings (SSSR count). The molecule has 0 aliphatic carbocycles. The third-order valence-corrected chi connectivity index (χ3v) is 9.26. The molecule has 256 valence electrons. The number of unbranched alkanes of at least 4 members (excludes halogenated alkanes) is 6. The Bertz CT molecular complexity index is 1530. The van der Waals surface area contributed by atoms with Crippen molar-refractivity contribution in [1.82, 2.24) is 0 Å². The van der Waals surface area contributed by atoms with E-state index in [0.29, 0.717) is 0 Å². The standard InChI is InChI=1S/C46H53FO2/c1-3-5-7-9-31-48-45-27-19-38(20-28-45)13-11-36-15-23-40(24-16-36)42-33-43(35-44(47)34-42)41-25-17-37(18-26-41)12-14-39-21-29-46(30-22-39)49-32-10-8-6-4-2/h15-30,33-35H,3-14,31-32H2,1-2H3. The fourth-order valence-electron chi connectivity index (χ4n) is 6.17. The van der Waals surface area contributed by atoms with E-state index >= 15 is 0 Å². The summed E-state index contributed by atoms with van der Waals surface area (Å²) < 4.78 is 26.6. The van der Waals surface area contributed by atoms with Crippen molar-refractivity contribution in [2.75, 3.05) is 13.2 Å². The first-order chi connectivity index (χ1) is 24.1. The van der Waals surface area contributed by atoms with Gasteiger partial charge in [0.1, 0.15) is 17.3 Å². The van der Waals surface area contributed by atoms with Gasteiger partial charge in [-0.1, -0.05) is 125 Å². The molecule has 0 saturated carbocycles. The molecular weight excluding hydrogens is 604 g/mol. The Kier molecular flexibility index (Phi) is 14.4. The first-order valence-electron chi connectivity index (χ1n) is 18.5. The van der Waals surface area contributed by atoms with Gasteiger partial charge in [0.05, 0.1) is 13.2 Å². The van der Waals surface area contributed by atoms with Gasteiger partial charge in [0.15, 0.2) is 0 Å². The van der Waals surface area contributed by atoms with Crippen LogP contribution in [0.1, 0.15) is 87.5 Å². The normalized spacial score (nSPS) is 11.1. The van der Waals surface area contributed by atoms with Crippen molar-refractivity contribution < 1.29 is 13.9 Å². The van der Waals surface area contributed by atoms with Gasteiger partial charge in [-0.15, -0.1) is 0 Å². The van der Waals surface area contributed by atoms with Gasteiger partial charge in [-0.2, -0.15) is 0 Å². The summed E-state index contributed by atoms with van der Waals surface area (Å²) in [5.41, 5.74) is 8.98. The van der Waals surface area contributed by atoms with E-state index in [9.17, 15) is 4.39 Å². The zero-order chi connectivity index (χ0) is 34.1. The van der Waals surface area contributed by atoms with Crippen LogP contribution in [0, 0.1) is 5.82 Å². The molecule has 0 heterocycles. The van der Waals surface area contributed by atoms with Crippen molar-refractivity contribution in [3.63, 3.8) is 0 Å². The Morgan fingerprint density at radius 1 is 0.388 bits per heavy atom. The predicted octanol–water partition coefficient (Wildman–Crippen LogP) is 12.6. The zero-order valence-electron chi connectivity index (χ0n) is 29.6. The van der Waals surface area contributed by atoms with Crippen molar-refractivity contribution in [3.05, 3.63) is 143 Å². The molecule has 3 heteroatoms. The van der Waals surface area contributed by atoms with E-state index in [1.165, 1.54) is 60.8 Å². The minimum absolute atomic E-state index is 0.220. The molecule has 0 bridgehead atoms. The maximum absolute atomic E-state index is 14.8. The summed E-state index contributed by atoms with van der Waals surface area (Å²) in [4.78, 5) is 0. The molecule has 0 aromatic heterocycles. The number of hydrogen-bond donors (Lipinski definition) is 0. The molecule has 0 saturated heterocycles. The Balaban J connectivity index is 1.10. The smallest absolute Gasteiger partial charge is 0.124 e. The number of benzene rings is 5. The summed E-state index contributed by atoms with van der Waals surface area (Å²) in [6.07, 6.45) is 13.6. The summed E-state index contributed by atoms with van der Waals surface area (Å²) in [5.74, 6) is 1.68. The molecular formula is C46H53FO2. The van der Waals surface area contributed by atoms with Crippen LogP contribution in [0.3, 0.4) is 0 Å². The SMILES string of the molecule is CCCCCCOc1ccc(CCc2ccc(-c3cc(F)cc(-c4ccc(CCc5ccc(OCCCCCC)cc5)cc4)c3)cc2)cc1. The molecule has 0 aliphatic heterocycles. The molecule has 5 aromatic rings. The highest BCUT2D eigenvalue weighted by molar-refractivity contribution is 5.73. The van der Waals surface area contributed by atoms with Crippen LogP contribution in [0.5, 0.6) is 11.5 Å². The van der Waals surface area contributed by atoms with Gasteiger partial charge in [-0.25, -0.2) is 4.39 Å². The van der Waals surface area contributed by atoms with Crippen molar-refractivity contribution in [3.8, 4) is 33.8 Å². The van der Waals surface area contributed by atoms with Crippen molar-refractivity contribution in [2.45, 2.75) is 90.9 Å². The van der Waals surface area contributed by atoms with E-state index < -0.39 is 0 Å². The van der Waals surface area contributed by atoms with Crippen LogP contribution in [0.25, 0.3) is 22.3 Å². The molecule has 0 atom stereocenters. The molecule has 0 spiro atoms. The molecule has 0 fully saturated rings. The highest BCUT2D eigenvalue weighted by atomic mass is 19.1. The second-order valence-electron chi connectivity index (χ2n) is 13.2. The zero-order valence-corrected chi connectivity index (χ0v) is 29.6. The maximum atomic E-state index is 14.8. The molecule has 0 amide bonds. The molecule has 2 nitrogen and oxygen atoms in total. The molecule has 0 aliphatic rings. The van der Waals surface area contributed by atoms with Crippen molar-refractivity contribution >= 4 is 0 Å². The summed E-state index contributed by atoms with van der Waals surface area (Å²) in [6, 6.07) is 39.4. The van der Waals surface area contributed by atoms with Gasteiger partial charge < -0.3 is 9.47 Å². The van der Waals surface area contributed by atoms with Gasteiger partial charge in [0.2, 0.25) is 0 Å². The number of hydrogen-bond acceptors (Lipinski definition) is 2. The third kappa shape index (κ3) is 11.9. The fourth-order valence-corrected chi connectivity index (χ4v) is 6.17. The Labute approximate surface area is 294 Å². The minimum Gasteiger partial charge on any atom is -0.494 e. The monoisotopic (exact) mass is 656 g/mol. The average Bonchev–Trinajstić information content (AvgIpc) is 3.14. The lowest BCUT2D eigenvalue weighted by Crippen LogP contribution is -1.97. The molecule has 49 heavy (non-hydrogen) atoms. The molecule has 0 unspecified atom stereocenters. The molecule has 0 N–H and O–H groups in total. The first kappa shape index (κ1) is 35.9. The minimum atomic E-state index is -0.220. The number of aryl methyl sites for hydroxylation is 4. The van der Waals surface area contributed by atoms with Crippen molar-refractivity contribution in [2.24, 2.45) is 0 Å². The van der Waals surface area contributed by atoms with Gasteiger partial charge in [0, 0.05) is 0 Å². The van der Waals surface area contributed by atoms with E-state index in [-0.39, 0.29) is 5.82 Å². The van der Waals surface area contributed by atoms with E-state index in [1.807, 2.05) is 0 Å². The largest absolute Gasteiger partial charge is 0.494 e. The predicted molar refractivity (Wildman–Crippen MR) is 204 cm³/mol. The lowest BCUT2D eigenvalue weighted by atomic mass is 9.96. The summed E-state index contributed by atoms with van der Waals surface area (Å²) in [5, 5.41) is 0. The molecule has 5 aromatic carbocycles. The van der Waals surface area contributed by atoms with Crippen LogP contribution in [0.4, 0.5) is 4.39 Å². The van der Waals surface area contributed by atoms with Gasteiger partial charge in [0.25, 0.3) is 0 Å². The fraction of sp³-hybridized carbons (Fsp3) is 0.348. The summed E-state index contributed by atoms with van der Waals surface area (Å²) >= 11 is 0. The Hall–Kier alpha value is -4.37. The quantitative estimate of drug-likeness (QED) is 0.0776. The van der Waals surface area contributed by atoms with Gasteiger partial charge in [-0.05, 0) is 125 Å². The van der Waals surface area contributed by atoms with Crippen molar-refractivity contribution in [1.29, 1.82) is 0 Å². The van der Waals surface area contributed by atoms with Crippen LogP contribution in [0.2, 0.25) is 0 Å². The number of ether oxygens (including phenoxy) is 2. The first-order valence-corrected chi connectivity index (χ1v) is 18.5. The van der Waals surface area contributed by atoms with Crippen LogP contribution in [-0.2, 0) is 25.7 Å². The lowest BCUT2D eigenvalue weighted by molar-refractivity contribution is 0.305. The second kappa shape index (κ2) is 19.6. The van der Waals surface area contributed by atoms with Crippen LogP contribution >= 0.6 is 0 Å². The van der Waals surface area contributed by atoms with E-state index in [4.69, 9.17) is 9.47 Å². The summed E-state index contributed by atoms with van der Waals surface area (Å²) in [6.45, 7) is 6.03. The van der Waals surface area contributed by atoms with E-state index in [1.54, 1.807) is 12.1 Å². The van der Waals surface area contributed by atoms with Gasteiger partial charge >= 0.3 is 0 Å². The Morgan fingerprint density at radius 3 is 1.08 bits per heavy atom. The van der Waals surface area contributed by atoms with Crippen LogP contribution in [-0.4, -0.2) is 13.2 Å².